The van der Waals surface area contributed by atoms with E-state index in [1.165, 1.54) is 11.8 Å². The molecule has 0 aliphatic heterocycles. The molecule has 0 heterocycles. The van der Waals surface area contributed by atoms with Crippen molar-refractivity contribution in [2.75, 3.05) is 11.2 Å². The molecular weight excluding hydrogens is 426 g/mol. The third kappa shape index (κ3) is 6.47. The van der Waals surface area contributed by atoms with E-state index < -0.39 is 9.84 Å². The van der Waals surface area contributed by atoms with Crippen molar-refractivity contribution in [2.24, 2.45) is 0 Å². The summed E-state index contributed by atoms with van der Waals surface area (Å²) < 4.78 is 24.3. The number of sulfone groups is 1. The molecule has 0 aromatic heterocycles. The van der Waals surface area contributed by atoms with Crippen LogP contribution in [0.3, 0.4) is 0 Å². The van der Waals surface area contributed by atoms with Gasteiger partial charge in [-0.2, -0.15) is 0 Å². The lowest BCUT2D eigenvalue weighted by Crippen LogP contribution is -2.36. The minimum atomic E-state index is -3.24. The fourth-order valence-corrected chi connectivity index (χ4v) is 3.86. The van der Waals surface area contributed by atoms with Gasteiger partial charge in [-0.3, -0.25) is 4.79 Å². The second-order valence-electron chi connectivity index (χ2n) is 6.96. The highest BCUT2D eigenvalue weighted by atomic mass is 79.9. The third-order valence-corrected chi connectivity index (χ3v) is 6.00. The zero-order valence-corrected chi connectivity index (χ0v) is 18.4. The standard InChI is InChI=1S/C21H26BrNO3S/c1-16(2)23(19-12-14-20(15-13-19)27(3,25)26)21(24)7-5-4-6-17-8-10-18(22)11-9-17/h8-16H,4-7H2,1-3H3. The Morgan fingerprint density at radius 3 is 2.11 bits per heavy atom. The molecule has 0 aliphatic carbocycles. The first-order valence-corrected chi connectivity index (χ1v) is 11.7. The summed E-state index contributed by atoms with van der Waals surface area (Å²) in [6.45, 7) is 3.93. The highest BCUT2D eigenvalue weighted by molar-refractivity contribution is 9.10. The quantitative estimate of drug-likeness (QED) is 0.530. The van der Waals surface area contributed by atoms with Crippen LogP contribution in [0, 0.1) is 0 Å². The first kappa shape index (κ1) is 21.6. The normalized spacial score (nSPS) is 11.6. The third-order valence-electron chi connectivity index (χ3n) is 4.35. The Balaban J connectivity index is 1.95. The fraction of sp³-hybridized carbons (Fsp3) is 0.381. The lowest BCUT2D eigenvalue weighted by Gasteiger charge is -2.27. The summed E-state index contributed by atoms with van der Waals surface area (Å²) in [5, 5.41) is 0. The van der Waals surface area contributed by atoms with Gasteiger partial charge >= 0.3 is 0 Å². The Labute approximate surface area is 170 Å². The zero-order valence-electron chi connectivity index (χ0n) is 16.0. The molecule has 4 nitrogen and oxygen atoms in total. The number of carbonyl (C=O) groups is 1. The molecule has 0 fully saturated rings. The van der Waals surface area contributed by atoms with Gasteiger partial charge in [0.1, 0.15) is 0 Å². The Morgan fingerprint density at radius 1 is 1.00 bits per heavy atom. The maximum absolute atomic E-state index is 12.7. The van der Waals surface area contributed by atoms with Crippen LogP contribution < -0.4 is 4.90 Å². The average molecular weight is 452 g/mol. The molecule has 0 radical (unpaired) electrons. The number of aryl methyl sites for hydroxylation is 1. The van der Waals surface area contributed by atoms with Crippen molar-refractivity contribution in [3.63, 3.8) is 0 Å². The number of benzene rings is 2. The first-order valence-electron chi connectivity index (χ1n) is 9.05. The molecule has 1 amide bonds. The second kappa shape index (κ2) is 9.51. The van der Waals surface area contributed by atoms with Gasteiger partial charge in [-0.25, -0.2) is 8.42 Å². The number of carbonyl (C=O) groups excluding carboxylic acids is 1. The topological polar surface area (TPSA) is 54.5 Å². The van der Waals surface area contributed by atoms with Crippen molar-refractivity contribution in [1.29, 1.82) is 0 Å². The van der Waals surface area contributed by atoms with Gasteiger partial charge in [0.25, 0.3) is 0 Å². The molecule has 6 heteroatoms. The highest BCUT2D eigenvalue weighted by Crippen LogP contribution is 2.22. The summed E-state index contributed by atoms with van der Waals surface area (Å²) in [5.74, 6) is 0.0629. The summed E-state index contributed by atoms with van der Waals surface area (Å²) in [6, 6.07) is 14.8. The maximum atomic E-state index is 12.7. The smallest absolute Gasteiger partial charge is 0.227 e. The number of hydrogen-bond donors (Lipinski definition) is 0. The van der Waals surface area contributed by atoms with Crippen LogP contribution >= 0.6 is 15.9 Å². The number of nitrogens with zero attached hydrogens (tertiary/aromatic N) is 1. The maximum Gasteiger partial charge on any atom is 0.227 e. The van der Waals surface area contributed by atoms with Crippen molar-refractivity contribution < 1.29 is 13.2 Å². The number of hydrogen-bond acceptors (Lipinski definition) is 3. The summed E-state index contributed by atoms with van der Waals surface area (Å²) in [4.78, 5) is 14.7. The van der Waals surface area contributed by atoms with Gasteiger partial charge in [0.2, 0.25) is 5.91 Å². The van der Waals surface area contributed by atoms with Gasteiger partial charge in [-0.1, -0.05) is 28.1 Å². The van der Waals surface area contributed by atoms with Gasteiger partial charge in [-0.05, 0) is 75.1 Å². The summed E-state index contributed by atoms with van der Waals surface area (Å²) in [5.41, 5.74) is 2.00. The van der Waals surface area contributed by atoms with Crippen LogP contribution in [-0.4, -0.2) is 26.6 Å². The van der Waals surface area contributed by atoms with Crippen LogP contribution in [-0.2, 0) is 21.1 Å². The lowest BCUT2D eigenvalue weighted by atomic mass is 10.1. The largest absolute Gasteiger partial charge is 0.310 e. The van der Waals surface area contributed by atoms with E-state index in [9.17, 15) is 13.2 Å². The second-order valence-corrected chi connectivity index (χ2v) is 9.89. The van der Waals surface area contributed by atoms with E-state index in [-0.39, 0.29) is 16.8 Å². The molecule has 146 valence electrons. The number of anilines is 1. The van der Waals surface area contributed by atoms with Crippen LogP contribution in [0.5, 0.6) is 0 Å². The van der Waals surface area contributed by atoms with E-state index in [0.29, 0.717) is 6.42 Å². The number of rotatable bonds is 8. The average Bonchev–Trinajstić information content (AvgIpc) is 2.60. The molecule has 0 saturated heterocycles. The fourth-order valence-electron chi connectivity index (χ4n) is 2.96. The minimum absolute atomic E-state index is 0.00746. The highest BCUT2D eigenvalue weighted by Gasteiger charge is 2.19. The lowest BCUT2D eigenvalue weighted by molar-refractivity contribution is -0.119. The van der Waals surface area contributed by atoms with Gasteiger partial charge in [0.05, 0.1) is 4.90 Å². The number of halogens is 1. The molecular formula is C21H26BrNO3S. The van der Waals surface area contributed by atoms with E-state index in [4.69, 9.17) is 0 Å². The SMILES string of the molecule is CC(C)N(C(=O)CCCCc1ccc(Br)cc1)c1ccc(S(C)(=O)=O)cc1. The minimum Gasteiger partial charge on any atom is -0.310 e. The van der Waals surface area contributed by atoms with Crippen LogP contribution in [0.25, 0.3) is 0 Å². The molecule has 0 N–H and O–H groups in total. The molecule has 0 spiro atoms. The van der Waals surface area contributed by atoms with Crippen LogP contribution in [0.1, 0.15) is 38.7 Å². The van der Waals surface area contributed by atoms with E-state index in [1.54, 1.807) is 29.2 Å². The van der Waals surface area contributed by atoms with Gasteiger partial charge in [-0.15, -0.1) is 0 Å². The molecule has 0 aliphatic rings. The predicted molar refractivity (Wildman–Crippen MR) is 114 cm³/mol. The van der Waals surface area contributed by atoms with Gasteiger partial charge < -0.3 is 4.90 Å². The van der Waals surface area contributed by atoms with Crippen molar-refractivity contribution in [1.82, 2.24) is 0 Å². The van der Waals surface area contributed by atoms with Gasteiger partial charge in [0.15, 0.2) is 9.84 Å². The zero-order chi connectivity index (χ0) is 20.0. The summed E-state index contributed by atoms with van der Waals surface area (Å²) >= 11 is 3.43. The Bertz CT molecular complexity index is 859. The van der Waals surface area contributed by atoms with Gasteiger partial charge in [0, 0.05) is 28.9 Å². The van der Waals surface area contributed by atoms with Crippen LogP contribution in [0.2, 0.25) is 0 Å². The van der Waals surface area contributed by atoms with E-state index >= 15 is 0 Å². The van der Waals surface area contributed by atoms with E-state index in [1.807, 2.05) is 26.0 Å². The molecule has 2 aromatic rings. The van der Waals surface area contributed by atoms with Crippen molar-refractivity contribution in [3.05, 3.63) is 58.6 Å². The van der Waals surface area contributed by atoms with Crippen LogP contribution in [0.15, 0.2) is 57.9 Å². The molecule has 27 heavy (non-hydrogen) atoms. The number of unbranched alkanes of at least 4 members (excludes halogenated alkanes) is 1. The Morgan fingerprint density at radius 2 is 1.59 bits per heavy atom. The molecule has 0 unspecified atom stereocenters. The summed E-state index contributed by atoms with van der Waals surface area (Å²) in [7, 11) is -3.24. The molecule has 0 saturated carbocycles. The first-order chi connectivity index (χ1) is 12.7. The van der Waals surface area contributed by atoms with Crippen molar-refractivity contribution in [2.45, 2.75) is 50.5 Å². The molecule has 0 bridgehead atoms. The predicted octanol–water partition coefficient (Wildman–Crippen LogP) is 5.01. The van der Waals surface area contributed by atoms with E-state index in [2.05, 4.69) is 28.1 Å². The number of amides is 1. The molecule has 2 aromatic carbocycles. The summed E-state index contributed by atoms with van der Waals surface area (Å²) in [6.07, 6.45) is 4.37. The molecule has 2 rings (SSSR count). The van der Waals surface area contributed by atoms with E-state index in [0.717, 1.165) is 29.4 Å². The van der Waals surface area contributed by atoms with Crippen molar-refractivity contribution in [3.8, 4) is 0 Å². The Kier molecular flexibility index (Phi) is 7.62. The molecule has 0 atom stereocenters. The van der Waals surface area contributed by atoms with Crippen molar-refractivity contribution >= 4 is 37.4 Å². The monoisotopic (exact) mass is 451 g/mol. The Hall–Kier alpha value is -1.66. The van der Waals surface area contributed by atoms with Crippen LogP contribution in [0.4, 0.5) is 5.69 Å².